The zero-order chi connectivity index (χ0) is 24.9. The summed E-state index contributed by atoms with van der Waals surface area (Å²) in [5, 5.41) is 8.46. The molecule has 0 radical (unpaired) electrons. The summed E-state index contributed by atoms with van der Waals surface area (Å²) in [6.07, 6.45) is 1.54. The van der Waals surface area contributed by atoms with Gasteiger partial charge in [0.25, 0.3) is 0 Å². The van der Waals surface area contributed by atoms with Crippen LogP contribution < -0.4 is 10.6 Å². The monoisotopic (exact) mass is 486 g/mol. The lowest BCUT2D eigenvalue weighted by Gasteiger charge is -2.23. The molecule has 2 N–H and O–H groups in total. The van der Waals surface area contributed by atoms with Gasteiger partial charge in [0.05, 0.1) is 18.7 Å². The number of ether oxygens (including phenoxy) is 2. The van der Waals surface area contributed by atoms with Crippen LogP contribution in [0.25, 0.3) is 10.9 Å². The fraction of sp³-hybridized carbons (Fsp3) is 0.417. The molecule has 2 amide bonds. The number of hydrogen-bond donors (Lipinski definition) is 2. The van der Waals surface area contributed by atoms with E-state index >= 15 is 0 Å². The van der Waals surface area contributed by atoms with Crippen molar-refractivity contribution in [2.45, 2.75) is 52.2 Å². The Morgan fingerprint density at radius 1 is 1.21 bits per heavy atom. The molecule has 34 heavy (non-hydrogen) atoms. The van der Waals surface area contributed by atoms with E-state index in [1.54, 1.807) is 33.1 Å². The third-order valence-electron chi connectivity index (χ3n) is 4.82. The number of hydrogen-bond acceptors (Lipinski definition) is 7. The van der Waals surface area contributed by atoms with Crippen LogP contribution >= 0.6 is 11.3 Å². The maximum absolute atomic E-state index is 13.2. The van der Waals surface area contributed by atoms with Gasteiger partial charge in [-0.15, -0.1) is 11.3 Å². The van der Waals surface area contributed by atoms with Gasteiger partial charge in [-0.3, -0.25) is 9.59 Å². The van der Waals surface area contributed by atoms with E-state index in [0.717, 1.165) is 16.5 Å². The molecule has 0 spiro atoms. The number of rotatable bonds is 8. The molecular weight excluding hydrogens is 456 g/mol. The molecule has 0 aliphatic rings. The lowest BCUT2D eigenvalue weighted by molar-refractivity contribution is -0.142. The smallest absolute Gasteiger partial charge is 0.408 e. The molecular formula is C24H30N4O5S. The van der Waals surface area contributed by atoms with E-state index in [-0.39, 0.29) is 18.8 Å². The van der Waals surface area contributed by atoms with Crippen LogP contribution in [0.2, 0.25) is 0 Å². The van der Waals surface area contributed by atoms with Gasteiger partial charge in [0.2, 0.25) is 5.91 Å². The van der Waals surface area contributed by atoms with Crippen molar-refractivity contribution in [3.05, 3.63) is 47.1 Å². The number of esters is 1. The summed E-state index contributed by atoms with van der Waals surface area (Å²) >= 11 is 1.20. The van der Waals surface area contributed by atoms with Crippen molar-refractivity contribution in [3.8, 4) is 0 Å². The lowest BCUT2D eigenvalue weighted by atomic mass is 10.0. The second-order valence-corrected chi connectivity index (χ2v) is 9.66. The normalized spacial score (nSPS) is 12.3. The minimum absolute atomic E-state index is 0.0236. The number of carbonyl (C=O) groups is 3. The van der Waals surface area contributed by atoms with Gasteiger partial charge in [-0.2, -0.15) is 0 Å². The first kappa shape index (κ1) is 25.2. The summed E-state index contributed by atoms with van der Waals surface area (Å²) in [5.74, 6) is -0.818. The Morgan fingerprint density at radius 2 is 1.94 bits per heavy atom. The van der Waals surface area contributed by atoms with Crippen LogP contribution in [0.4, 0.5) is 9.93 Å². The summed E-state index contributed by atoms with van der Waals surface area (Å²) < 4.78 is 12.3. The number of aromatic nitrogens is 2. The van der Waals surface area contributed by atoms with Crippen molar-refractivity contribution >= 4 is 45.3 Å². The number of nitrogens with zero attached hydrogens (tertiary/aromatic N) is 2. The van der Waals surface area contributed by atoms with Gasteiger partial charge < -0.3 is 24.7 Å². The van der Waals surface area contributed by atoms with Crippen LogP contribution in [0.1, 0.15) is 39.0 Å². The fourth-order valence-electron chi connectivity index (χ4n) is 3.47. The molecule has 0 bridgehead atoms. The van der Waals surface area contributed by atoms with Gasteiger partial charge in [-0.1, -0.05) is 18.2 Å². The Labute approximate surface area is 202 Å². The number of aryl methyl sites for hydroxylation is 1. The Kier molecular flexibility index (Phi) is 7.93. The zero-order valence-electron chi connectivity index (χ0n) is 20.0. The quantitative estimate of drug-likeness (QED) is 0.468. The first-order chi connectivity index (χ1) is 16.1. The predicted octanol–water partition coefficient (Wildman–Crippen LogP) is 3.81. The highest BCUT2D eigenvalue weighted by Crippen LogP contribution is 2.23. The van der Waals surface area contributed by atoms with Crippen LogP contribution in [0, 0.1) is 0 Å². The lowest BCUT2D eigenvalue weighted by Crippen LogP contribution is -2.47. The van der Waals surface area contributed by atoms with Gasteiger partial charge in [0.15, 0.2) is 5.13 Å². The van der Waals surface area contributed by atoms with E-state index in [4.69, 9.17) is 9.47 Å². The van der Waals surface area contributed by atoms with E-state index in [1.165, 1.54) is 11.3 Å². The molecule has 0 fully saturated rings. The predicted molar refractivity (Wildman–Crippen MR) is 131 cm³/mol. The van der Waals surface area contributed by atoms with E-state index in [9.17, 15) is 14.4 Å². The second kappa shape index (κ2) is 10.7. The van der Waals surface area contributed by atoms with Crippen LogP contribution in [0.5, 0.6) is 0 Å². The topological polar surface area (TPSA) is 112 Å². The third-order valence-corrected chi connectivity index (χ3v) is 5.63. The highest BCUT2D eigenvalue weighted by Gasteiger charge is 2.26. The van der Waals surface area contributed by atoms with Crippen LogP contribution in [-0.4, -0.2) is 45.8 Å². The van der Waals surface area contributed by atoms with Crippen LogP contribution in [0.3, 0.4) is 0 Å². The summed E-state index contributed by atoms with van der Waals surface area (Å²) in [5.41, 5.74) is 1.74. The molecule has 182 valence electrons. The number of carbonyl (C=O) groups excluding carboxylic acids is 3. The Balaban J connectivity index is 1.78. The maximum atomic E-state index is 13.2. The Hall–Kier alpha value is -3.40. The van der Waals surface area contributed by atoms with E-state index in [2.05, 4.69) is 15.6 Å². The molecule has 0 saturated heterocycles. The summed E-state index contributed by atoms with van der Waals surface area (Å²) in [6.45, 7) is 7.30. The number of anilines is 1. The molecule has 0 aliphatic heterocycles. The second-order valence-electron chi connectivity index (χ2n) is 8.80. The largest absolute Gasteiger partial charge is 0.466 e. The number of thiazole rings is 1. The molecule has 1 atom stereocenters. The van der Waals surface area contributed by atoms with Gasteiger partial charge >= 0.3 is 12.1 Å². The summed E-state index contributed by atoms with van der Waals surface area (Å²) in [7, 11) is 1.93. The minimum Gasteiger partial charge on any atom is -0.466 e. The molecule has 0 saturated carbocycles. The fourth-order valence-corrected chi connectivity index (χ4v) is 4.18. The van der Waals surface area contributed by atoms with Crippen molar-refractivity contribution < 1.29 is 23.9 Å². The molecule has 2 aromatic heterocycles. The molecule has 1 aromatic carbocycles. The van der Waals surface area contributed by atoms with Gasteiger partial charge in [0.1, 0.15) is 11.6 Å². The van der Waals surface area contributed by atoms with E-state index in [0.29, 0.717) is 17.4 Å². The zero-order valence-corrected chi connectivity index (χ0v) is 20.8. The standard InChI is InChI=1S/C24H30N4O5S/c1-6-32-20(29)12-16-14-34-22(25-16)27-21(30)18(26-23(31)33-24(2,3)4)11-15-13-28(5)19-10-8-7-9-17(15)19/h7-10,13-14,18H,6,11-12H2,1-5H3,(H,26,31)(H,25,27,30)/t18-/m0/s1. The average molecular weight is 487 g/mol. The molecule has 3 aromatic rings. The Morgan fingerprint density at radius 3 is 2.65 bits per heavy atom. The average Bonchev–Trinajstić information content (AvgIpc) is 3.30. The van der Waals surface area contributed by atoms with Crippen molar-refractivity contribution in [2.24, 2.45) is 7.05 Å². The summed E-state index contributed by atoms with van der Waals surface area (Å²) in [6, 6.07) is 6.96. The maximum Gasteiger partial charge on any atom is 0.408 e. The van der Waals surface area contributed by atoms with Crippen molar-refractivity contribution in [3.63, 3.8) is 0 Å². The molecule has 0 unspecified atom stereocenters. The minimum atomic E-state index is -0.905. The van der Waals surface area contributed by atoms with Crippen molar-refractivity contribution in [2.75, 3.05) is 11.9 Å². The number of fused-ring (bicyclic) bond motifs is 1. The van der Waals surface area contributed by atoms with Crippen LogP contribution in [0.15, 0.2) is 35.8 Å². The molecule has 9 nitrogen and oxygen atoms in total. The third kappa shape index (κ3) is 6.80. The SMILES string of the molecule is CCOC(=O)Cc1csc(NC(=O)[C@H](Cc2cn(C)c3ccccc23)NC(=O)OC(C)(C)C)n1. The first-order valence-electron chi connectivity index (χ1n) is 11.0. The number of benzene rings is 1. The molecule has 3 rings (SSSR count). The van der Waals surface area contributed by atoms with E-state index < -0.39 is 23.6 Å². The van der Waals surface area contributed by atoms with Gasteiger partial charge in [-0.25, -0.2) is 9.78 Å². The number of alkyl carbamates (subject to hydrolysis) is 1. The molecule has 10 heteroatoms. The number of nitrogens with one attached hydrogen (secondary N) is 2. The van der Waals surface area contributed by atoms with Crippen molar-refractivity contribution in [1.82, 2.24) is 14.9 Å². The molecule has 0 aliphatic carbocycles. The number of para-hydroxylation sites is 1. The molecule has 2 heterocycles. The van der Waals surface area contributed by atoms with Crippen molar-refractivity contribution in [1.29, 1.82) is 0 Å². The highest BCUT2D eigenvalue weighted by atomic mass is 32.1. The van der Waals surface area contributed by atoms with Gasteiger partial charge in [0, 0.05) is 35.9 Å². The van der Waals surface area contributed by atoms with Crippen LogP contribution in [-0.2, 0) is 39.0 Å². The Bertz CT molecular complexity index is 1180. The number of amides is 2. The van der Waals surface area contributed by atoms with Gasteiger partial charge in [-0.05, 0) is 39.3 Å². The van der Waals surface area contributed by atoms with E-state index in [1.807, 2.05) is 42.1 Å². The highest BCUT2D eigenvalue weighted by molar-refractivity contribution is 7.13. The summed E-state index contributed by atoms with van der Waals surface area (Å²) in [4.78, 5) is 41.7. The first-order valence-corrected chi connectivity index (χ1v) is 11.9.